The summed E-state index contributed by atoms with van der Waals surface area (Å²) < 4.78 is 28.2. The Morgan fingerprint density at radius 2 is 1.76 bits per heavy atom. The van der Waals surface area contributed by atoms with E-state index in [9.17, 15) is 13.6 Å². The molecule has 0 saturated carbocycles. The molecule has 29 heavy (non-hydrogen) atoms. The molecule has 1 unspecified atom stereocenters. The molecule has 2 aromatic carbocycles. The molecule has 1 aliphatic heterocycles. The second-order valence-electron chi connectivity index (χ2n) is 8.55. The van der Waals surface area contributed by atoms with E-state index >= 15 is 0 Å². The molecular formula is C23H26F2N2O2. The van der Waals surface area contributed by atoms with Crippen LogP contribution < -0.4 is 0 Å². The van der Waals surface area contributed by atoms with Gasteiger partial charge in [-0.1, -0.05) is 62.3 Å². The average molecular weight is 400 g/mol. The number of oxime groups is 1. The van der Waals surface area contributed by atoms with Gasteiger partial charge in [-0.2, -0.15) is 0 Å². The third-order valence-corrected chi connectivity index (χ3v) is 4.70. The van der Waals surface area contributed by atoms with Crippen LogP contribution in [-0.2, 0) is 16.2 Å². The van der Waals surface area contributed by atoms with Gasteiger partial charge in [0.1, 0.15) is 11.6 Å². The summed E-state index contributed by atoms with van der Waals surface area (Å²) in [5, 5.41) is 4.02. The van der Waals surface area contributed by atoms with Gasteiger partial charge in [-0.15, -0.1) is 0 Å². The van der Waals surface area contributed by atoms with E-state index < -0.39 is 6.10 Å². The summed E-state index contributed by atoms with van der Waals surface area (Å²) >= 11 is 0. The second kappa shape index (κ2) is 8.72. The first kappa shape index (κ1) is 21.0. The van der Waals surface area contributed by atoms with Crippen molar-refractivity contribution in [1.29, 1.82) is 0 Å². The Morgan fingerprint density at radius 1 is 1.10 bits per heavy atom. The number of hydrogen-bond donors (Lipinski definition) is 0. The van der Waals surface area contributed by atoms with E-state index in [0.717, 1.165) is 0 Å². The van der Waals surface area contributed by atoms with Crippen LogP contribution in [0.3, 0.4) is 0 Å². The molecule has 1 amide bonds. The molecule has 3 rings (SSSR count). The number of carbonyl (C=O) groups is 1. The molecule has 0 spiro atoms. The van der Waals surface area contributed by atoms with Crippen LogP contribution in [0, 0.1) is 17.0 Å². The molecule has 1 atom stereocenters. The Morgan fingerprint density at radius 3 is 2.41 bits per heavy atom. The van der Waals surface area contributed by atoms with Gasteiger partial charge >= 0.3 is 0 Å². The lowest BCUT2D eigenvalue weighted by Gasteiger charge is -2.28. The molecule has 2 aromatic rings. The van der Waals surface area contributed by atoms with Gasteiger partial charge < -0.3 is 9.74 Å². The predicted octanol–water partition coefficient (Wildman–Crippen LogP) is 4.92. The molecule has 154 valence electrons. The van der Waals surface area contributed by atoms with Crippen LogP contribution in [0.25, 0.3) is 0 Å². The van der Waals surface area contributed by atoms with Crippen molar-refractivity contribution in [3.63, 3.8) is 0 Å². The summed E-state index contributed by atoms with van der Waals surface area (Å²) in [7, 11) is 0. The van der Waals surface area contributed by atoms with Gasteiger partial charge in [-0.05, 0) is 17.5 Å². The van der Waals surface area contributed by atoms with Crippen LogP contribution in [0.2, 0.25) is 0 Å². The van der Waals surface area contributed by atoms with Crippen molar-refractivity contribution in [2.24, 2.45) is 10.6 Å². The molecule has 0 aromatic heterocycles. The number of halogens is 2. The largest absolute Gasteiger partial charge is 0.390 e. The van der Waals surface area contributed by atoms with Crippen molar-refractivity contribution in [2.45, 2.75) is 46.3 Å². The minimum Gasteiger partial charge on any atom is -0.390 e. The Balaban J connectivity index is 1.73. The molecular weight excluding hydrogens is 374 g/mol. The highest BCUT2D eigenvalue weighted by atomic mass is 19.1. The SMILES string of the molecule is CC(C)(C)CC(=O)N(Cc1ccccc1F)CC1CC(c2ccccc2F)=NO1. The van der Waals surface area contributed by atoms with E-state index in [1.54, 1.807) is 41.3 Å². The van der Waals surface area contributed by atoms with Crippen molar-refractivity contribution in [2.75, 3.05) is 6.54 Å². The Bertz CT molecular complexity index is 906. The van der Waals surface area contributed by atoms with E-state index in [4.69, 9.17) is 4.84 Å². The summed E-state index contributed by atoms with van der Waals surface area (Å²) in [5.74, 6) is -0.789. The Labute approximate surface area is 170 Å². The monoisotopic (exact) mass is 400 g/mol. The van der Waals surface area contributed by atoms with Crippen molar-refractivity contribution in [1.82, 2.24) is 4.90 Å². The maximum Gasteiger partial charge on any atom is 0.223 e. The molecule has 4 nitrogen and oxygen atoms in total. The Kier molecular flexibility index (Phi) is 6.30. The summed E-state index contributed by atoms with van der Waals surface area (Å²) in [4.78, 5) is 20.0. The first-order valence-electron chi connectivity index (χ1n) is 9.72. The van der Waals surface area contributed by atoms with Gasteiger partial charge in [0, 0.05) is 30.5 Å². The van der Waals surface area contributed by atoms with E-state index in [-0.39, 0.29) is 36.0 Å². The molecule has 1 aliphatic rings. The number of hydrogen-bond acceptors (Lipinski definition) is 3. The topological polar surface area (TPSA) is 41.9 Å². The number of nitrogens with zero attached hydrogens (tertiary/aromatic N) is 2. The fourth-order valence-corrected chi connectivity index (χ4v) is 3.28. The molecule has 0 aliphatic carbocycles. The zero-order valence-electron chi connectivity index (χ0n) is 17.0. The van der Waals surface area contributed by atoms with Crippen LogP contribution in [0.15, 0.2) is 53.7 Å². The molecule has 0 fully saturated rings. The number of carbonyl (C=O) groups excluding carboxylic acids is 1. The first-order chi connectivity index (χ1) is 13.7. The lowest BCUT2D eigenvalue weighted by Crippen LogP contribution is -2.39. The molecule has 0 radical (unpaired) electrons. The minimum absolute atomic E-state index is 0.0799. The normalized spacial score (nSPS) is 16.3. The highest BCUT2D eigenvalue weighted by Gasteiger charge is 2.29. The van der Waals surface area contributed by atoms with Crippen LogP contribution in [-0.4, -0.2) is 29.2 Å². The first-order valence-corrected chi connectivity index (χ1v) is 9.72. The van der Waals surface area contributed by atoms with Gasteiger partial charge in [0.05, 0.1) is 12.3 Å². The van der Waals surface area contributed by atoms with Gasteiger partial charge in [-0.25, -0.2) is 8.78 Å². The summed E-state index contributed by atoms with van der Waals surface area (Å²) in [5.41, 5.74) is 1.16. The van der Waals surface area contributed by atoms with Gasteiger partial charge in [0.2, 0.25) is 5.91 Å². The lowest BCUT2D eigenvalue weighted by atomic mass is 9.91. The summed E-state index contributed by atoms with van der Waals surface area (Å²) in [6.45, 7) is 6.36. The minimum atomic E-state index is -0.403. The zero-order valence-corrected chi connectivity index (χ0v) is 17.0. The van der Waals surface area contributed by atoms with Crippen molar-refractivity contribution >= 4 is 11.6 Å². The summed E-state index contributed by atoms with van der Waals surface area (Å²) in [6, 6.07) is 12.8. The van der Waals surface area contributed by atoms with Crippen LogP contribution in [0.4, 0.5) is 8.78 Å². The maximum atomic E-state index is 14.2. The van der Waals surface area contributed by atoms with Crippen molar-refractivity contribution in [3.05, 3.63) is 71.3 Å². The van der Waals surface area contributed by atoms with Crippen LogP contribution >= 0.6 is 0 Å². The van der Waals surface area contributed by atoms with Gasteiger partial charge in [0.15, 0.2) is 6.10 Å². The van der Waals surface area contributed by atoms with Gasteiger partial charge in [0.25, 0.3) is 0 Å². The third kappa shape index (κ3) is 5.62. The fraction of sp³-hybridized carbons (Fsp3) is 0.391. The molecule has 1 heterocycles. The molecule has 0 saturated heterocycles. The van der Waals surface area contributed by atoms with Crippen LogP contribution in [0.5, 0.6) is 0 Å². The third-order valence-electron chi connectivity index (χ3n) is 4.70. The number of amides is 1. The fourth-order valence-electron chi connectivity index (χ4n) is 3.28. The smallest absolute Gasteiger partial charge is 0.223 e. The van der Waals surface area contributed by atoms with E-state index in [0.29, 0.717) is 29.7 Å². The maximum absolute atomic E-state index is 14.2. The molecule has 0 bridgehead atoms. The number of benzene rings is 2. The quantitative estimate of drug-likeness (QED) is 0.690. The second-order valence-corrected chi connectivity index (χ2v) is 8.55. The Hall–Kier alpha value is -2.76. The van der Waals surface area contributed by atoms with E-state index in [2.05, 4.69) is 5.16 Å². The highest BCUT2D eigenvalue weighted by molar-refractivity contribution is 6.01. The standard InChI is InChI=1S/C23H26F2N2O2/c1-23(2,3)13-22(28)27(14-16-8-4-6-10-19(16)24)15-17-12-21(26-29-17)18-9-5-7-11-20(18)25/h4-11,17H,12-15H2,1-3H3. The predicted molar refractivity (Wildman–Crippen MR) is 108 cm³/mol. The number of rotatable bonds is 6. The average Bonchev–Trinajstić information content (AvgIpc) is 3.10. The van der Waals surface area contributed by atoms with E-state index in [1.807, 2.05) is 20.8 Å². The van der Waals surface area contributed by atoms with Crippen molar-refractivity contribution < 1.29 is 18.4 Å². The van der Waals surface area contributed by atoms with Gasteiger partial charge in [-0.3, -0.25) is 4.79 Å². The van der Waals surface area contributed by atoms with E-state index in [1.165, 1.54) is 12.1 Å². The lowest BCUT2D eigenvalue weighted by molar-refractivity contribution is -0.135. The van der Waals surface area contributed by atoms with Crippen LogP contribution in [0.1, 0.15) is 44.7 Å². The molecule has 0 N–H and O–H groups in total. The zero-order chi connectivity index (χ0) is 21.0. The van der Waals surface area contributed by atoms with Crippen molar-refractivity contribution in [3.8, 4) is 0 Å². The highest BCUT2D eigenvalue weighted by Crippen LogP contribution is 2.24. The summed E-state index contributed by atoms with van der Waals surface area (Å²) in [6.07, 6.45) is 0.312. The molecule has 6 heteroatoms.